The quantitative estimate of drug-likeness (QED) is 0.559. The highest BCUT2D eigenvalue weighted by atomic mass is 32.1. The molecule has 0 bridgehead atoms. The summed E-state index contributed by atoms with van der Waals surface area (Å²) in [7, 11) is 0. The number of hydrogen-bond donors (Lipinski definition) is 0. The van der Waals surface area contributed by atoms with Gasteiger partial charge in [-0.3, -0.25) is 4.79 Å². The zero-order chi connectivity index (χ0) is 18.8. The lowest BCUT2D eigenvalue weighted by Crippen LogP contribution is -2.32. The number of rotatable bonds is 6. The third-order valence-corrected chi connectivity index (χ3v) is 6.41. The molecular formula is C22H27N3OS. The van der Waals surface area contributed by atoms with E-state index in [-0.39, 0.29) is 5.91 Å². The molecule has 1 aliphatic rings. The molecule has 0 saturated heterocycles. The van der Waals surface area contributed by atoms with E-state index >= 15 is 0 Å². The first-order valence-electron chi connectivity index (χ1n) is 9.99. The number of amides is 1. The Morgan fingerprint density at radius 1 is 1.22 bits per heavy atom. The van der Waals surface area contributed by atoms with E-state index in [2.05, 4.69) is 29.7 Å². The highest BCUT2D eigenvalue weighted by Crippen LogP contribution is 2.34. The Morgan fingerprint density at radius 3 is 2.70 bits per heavy atom. The Kier molecular flexibility index (Phi) is 5.30. The number of imidazole rings is 1. The number of nitrogens with zero attached hydrogens (tertiary/aromatic N) is 3. The van der Waals surface area contributed by atoms with Crippen molar-refractivity contribution in [2.45, 2.75) is 58.5 Å². The standard InChI is InChI=1S/C22H27N3OS/c1-3-14-24(22(26)20-13-12-16(2)27-20)15-21-23-18-10-6-7-11-19(18)25(21)17-8-4-5-9-17/h6-7,10-13,17H,3-5,8-9,14-15H2,1-2H3. The molecule has 5 heteroatoms. The summed E-state index contributed by atoms with van der Waals surface area (Å²) in [6.07, 6.45) is 5.92. The molecule has 1 aromatic carbocycles. The highest BCUT2D eigenvalue weighted by molar-refractivity contribution is 7.13. The van der Waals surface area contributed by atoms with E-state index in [1.807, 2.05) is 30.0 Å². The Labute approximate surface area is 164 Å². The van der Waals surface area contributed by atoms with Gasteiger partial charge in [0.1, 0.15) is 5.82 Å². The van der Waals surface area contributed by atoms with Crippen LogP contribution in [0.1, 0.15) is 65.4 Å². The van der Waals surface area contributed by atoms with Gasteiger partial charge in [0.2, 0.25) is 0 Å². The summed E-state index contributed by atoms with van der Waals surface area (Å²) >= 11 is 1.58. The Balaban J connectivity index is 1.69. The van der Waals surface area contributed by atoms with Crippen molar-refractivity contribution in [3.8, 4) is 0 Å². The van der Waals surface area contributed by atoms with Gasteiger partial charge in [0.05, 0.1) is 22.5 Å². The van der Waals surface area contributed by atoms with Gasteiger partial charge < -0.3 is 9.47 Å². The minimum atomic E-state index is 0.125. The largest absolute Gasteiger partial charge is 0.330 e. The van der Waals surface area contributed by atoms with Crippen molar-refractivity contribution in [1.82, 2.24) is 14.5 Å². The second-order valence-corrected chi connectivity index (χ2v) is 8.75. The van der Waals surface area contributed by atoms with Gasteiger partial charge in [0, 0.05) is 17.5 Å². The third-order valence-electron chi connectivity index (χ3n) is 5.42. The number of aromatic nitrogens is 2. The van der Waals surface area contributed by atoms with Crippen LogP contribution in [0.2, 0.25) is 0 Å². The summed E-state index contributed by atoms with van der Waals surface area (Å²) in [6, 6.07) is 12.9. The molecule has 0 N–H and O–H groups in total. The van der Waals surface area contributed by atoms with Crippen LogP contribution in [0.15, 0.2) is 36.4 Å². The van der Waals surface area contributed by atoms with Crippen molar-refractivity contribution in [3.05, 3.63) is 52.0 Å². The molecule has 142 valence electrons. The number of benzene rings is 1. The average molecular weight is 382 g/mol. The second kappa shape index (κ2) is 7.85. The monoisotopic (exact) mass is 381 g/mol. The van der Waals surface area contributed by atoms with Gasteiger partial charge in [0.15, 0.2) is 0 Å². The van der Waals surface area contributed by atoms with E-state index in [0.717, 1.165) is 29.2 Å². The molecule has 1 aliphatic carbocycles. The molecule has 2 aromatic heterocycles. The molecule has 0 aliphatic heterocycles. The zero-order valence-electron chi connectivity index (χ0n) is 16.1. The summed E-state index contributed by atoms with van der Waals surface area (Å²) in [6.45, 7) is 5.50. The van der Waals surface area contributed by atoms with Gasteiger partial charge in [0.25, 0.3) is 5.91 Å². The molecule has 0 radical (unpaired) electrons. The second-order valence-electron chi connectivity index (χ2n) is 7.46. The van der Waals surface area contributed by atoms with Crippen LogP contribution >= 0.6 is 11.3 Å². The molecule has 2 heterocycles. The number of hydrogen-bond acceptors (Lipinski definition) is 3. The summed E-state index contributed by atoms with van der Waals surface area (Å²) < 4.78 is 2.41. The first-order valence-corrected chi connectivity index (χ1v) is 10.8. The number of para-hydroxylation sites is 2. The van der Waals surface area contributed by atoms with E-state index in [9.17, 15) is 4.79 Å². The smallest absolute Gasteiger partial charge is 0.264 e. The molecule has 4 rings (SSSR count). The van der Waals surface area contributed by atoms with Crippen LogP contribution in [0.5, 0.6) is 0 Å². The maximum Gasteiger partial charge on any atom is 0.264 e. The van der Waals surface area contributed by atoms with Crippen molar-refractivity contribution >= 4 is 28.3 Å². The molecule has 0 spiro atoms. The number of thiophene rings is 1. The zero-order valence-corrected chi connectivity index (χ0v) is 17.0. The Morgan fingerprint density at radius 2 is 2.00 bits per heavy atom. The van der Waals surface area contributed by atoms with Crippen LogP contribution in [-0.4, -0.2) is 26.9 Å². The Hall–Kier alpha value is -2.14. The predicted octanol–water partition coefficient (Wildman–Crippen LogP) is 5.57. The molecule has 0 atom stereocenters. The predicted molar refractivity (Wildman–Crippen MR) is 111 cm³/mol. The third kappa shape index (κ3) is 3.65. The van der Waals surface area contributed by atoms with Gasteiger partial charge in [-0.2, -0.15) is 0 Å². The van der Waals surface area contributed by atoms with Gasteiger partial charge >= 0.3 is 0 Å². The fourth-order valence-corrected chi connectivity index (χ4v) is 5.01. The van der Waals surface area contributed by atoms with Crippen LogP contribution in [0.25, 0.3) is 11.0 Å². The summed E-state index contributed by atoms with van der Waals surface area (Å²) in [5.41, 5.74) is 2.24. The van der Waals surface area contributed by atoms with Gasteiger partial charge in [-0.05, 0) is 50.5 Å². The maximum absolute atomic E-state index is 13.1. The van der Waals surface area contributed by atoms with E-state index < -0.39 is 0 Å². The summed E-state index contributed by atoms with van der Waals surface area (Å²) in [4.78, 5) is 22.0. The normalized spacial score (nSPS) is 14.9. The first kappa shape index (κ1) is 18.2. The fraction of sp³-hybridized carbons (Fsp3) is 0.455. The topological polar surface area (TPSA) is 38.1 Å². The molecule has 1 amide bonds. The van der Waals surface area contributed by atoms with Crippen molar-refractivity contribution in [3.63, 3.8) is 0 Å². The molecule has 0 unspecified atom stereocenters. The van der Waals surface area contributed by atoms with Crippen molar-refractivity contribution in [1.29, 1.82) is 0 Å². The first-order chi connectivity index (χ1) is 13.2. The van der Waals surface area contributed by atoms with Crippen LogP contribution in [0.4, 0.5) is 0 Å². The summed E-state index contributed by atoms with van der Waals surface area (Å²) in [5, 5.41) is 0. The van der Waals surface area contributed by atoms with Crippen molar-refractivity contribution < 1.29 is 4.79 Å². The average Bonchev–Trinajstić information content (AvgIpc) is 3.39. The molecular weight excluding hydrogens is 354 g/mol. The van der Waals surface area contributed by atoms with Gasteiger partial charge in [-0.15, -0.1) is 11.3 Å². The molecule has 1 saturated carbocycles. The van der Waals surface area contributed by atoms with Crippen molar-refractivity contribution in [2.75, 3.05) is 6.54 Å². The van der Waals surface area contributed by atoms with E-state index in [1.54, 1.807) is 11.3 Å². The minimum Gasteiger partial charge on any atom is -0.330 e. The van der Waals surface area contributed by atoms with E-state index in [0.29, 0.717) is 12.6 Å². The SMILES string of the molecule is CCCN(Cc1nc2ccccc2n1C1CCCC1)C(=O)c1ccc(C)s1. The minimum absolute atomic E-state index is 0.125. The highest BCUT2D eigenvalue weighted by Gasteiger charge is 2.25. The van der Waals surface area contributed by atoms with Crippen LogP contribution < -0.4 is 0 Å². The van der Waals surface area contributed by atoms with Gasteiger partial charge in [-0.25, -0.2) is 4.98 Å². The fourth-order valence-electron chi connectivity index (χ4n) is 4.17. The summed E-state index contributed by atoms with van der Waals surface area (Å²) in [5.74, 6) is 1.15. The number of aryl methyl sites for hydroxylation is 1. The maximum atomic E-state index is 13.1. The van der Waals surface area contributed by atoms with Crippen LogP contribution in [0.3, 0.4) is 0 Å². The van der Waals surface area contributed by atoms with Crippen LogP contribution in [0, 0.1) is 6.92 Å². The number of fused-ring (bicyclic) bond motifs is 1. The molecule has 1 fully saturated rings. The Bertz CT molecular complexity index is 936. The lowest BCUT2D eigenvalue weighted by Gasteiger charge is -2.23. The molecule has 3 aromatic rings. The van der Waals surface area contributed by atoms with Crippen LogP contribution in [-0.2, 0) is 6.54 Å². The molecule has 4 nitrogen and oxygen atoms in total. The lowest BCUT2D eigenvalue weighted by atomic mass is 10.2. The lowest BCUT2D eigenvalue weighted by molar-refractivity contribution is 0.0741. The van der Waals surface area contributed by atoms with Gasteiger partial charge in [-0.1, -0.05) is 31.9 Å². The number of carbonyl (C=O) groups is 1. The van der Waals surface area contributed by atoms with Crippen molar-refractivity contribution in [2.24, 2.45) is 0 Å². The molecule has 27 heavy (non-hydrogen) atoms. The number of carbonyl (C=O) groups excluding carboxylic acids is 1. The van der Waals surface area contributed by atoms with E-state index in [4.69, 9.17) is 4.98 Å². The van der Waals surface area contributed by atoms with E-state index in [1.165, 1.54) is 36.1 Å².